The van der Waals surface area contributed by atoms with Crippen LogP contribution in [0.2, 0.25) is 0 Å². The Kier molecular flexibility index (Phi) is 3.95. The van der Waals surface area contributed by atoms with Crippen molar-refractivity contribution in [1.82, 2.24) is 14.9 Å². The minimum absolute atomic E-state index is 0.121. The molecule has 4 heterocycles. The minimum atomic E-state index is -0.247. The highest BCUT2D eigenvalue weighted by Crippen LogP contribution is 2.49. The van der Waals surface area contributed by atoms with Gasteiger partial charge in [0.25, 0.3) is 0 Å². The summed E-state index contributed by atoms with van der Waals surface area (Å²) in [4.78, 5) is 11.2. The second-order valence-corrected chi connectivity index (χ2v) is 7.46. The first kappa shape index (κ1) is 16.5. The summed E-state index contributed by atoms with van der Waals surface area (Å²) in [7, 11) is 0. The molecule has 0 bridgehead atoms. The van der Waals surface area contributed by atoms with E-state index in [-0.39, 0.29) is 17.9 Å². The lowest BCUT2D eigenvalue weighted by molar-refractivity contribution is 0.0457. The molecule has 0 unspecified atom stereocenters. The summed E-state index contributed by atoms with van der Waals surface area (Å²) in [6, 6.07) is 11.8. The number of furan rings is 1. The van der Waals surface area contributed by atoms with Gasteiger partial charge < -0.3 is 14.3 Å². The van der Waals surface area contributed by atoms with Crippen molar-refractivity contribution in [1.29, 1.82) is 0 Å². The number of ether oxygens (including phenoxy) is 1. The highest BCUT2D eigenvalue weighted by molar-refractivity contribution is 5.45. The fraction of sp³-hybridized carbons (Fsp3) is 0.333. The van der Waals surface area contributed by atoms with Crippen molar-refractivity contribution >= 4 is 0 Å². The Morgan fingerprint density at radius 2 is 2.00 bits per heavy atom. The lowest BCUT2D eigenvalue weighted by Crippen LogP contribution is -2.42. The van der Waals surface area contributed by atoms with E-state index in [9.17, 15) is 5.11 Å². The number of rotatable bonds is 4. The van der Waals surface area contributed by atoms with E-state index in [1.165, 1.54) is 5.56 Å². The van der Waals surface area contributed by atoms with Crippen LogP contribution < -0.4 is 4.74 Å². The Morgan fingerprint density at radius 3 is 2.78 bits per heavy atom. The second-order valence-electron chi connectivity index (χ2n) is 7.46. The van der Waals surface area contributed by atoms with Crippen LogP contribution in [0.15, 0.2) is 59.5 Å². The highest BCUT2D eigenvalue weighted by Gasteiger charge is 2.50. The maximum atomic E-state index is 10.2. The maximum Gasteiger partial charge on any atom is 0.195 e. The van der Waals surface area contributed by atoms with E-state index in [4.69, 9.17) is 9.15 Å². The molecule has 6 nitrogen and oxygen atoms in total. The predicted molar refractivity (Wildman–Crippen MR) is 99.2 cm³/mol. The van der Waals surface area contributed by atoms with Gasteiger partial charge in [-0.2, -0.15) is 0 Å². The zero-order valence-electron chi connectivity index (χ0n) is 14.9. The Balaban J connectivity index is 1.35. The van der Waals surface area contributed by atoms with Crippen LogP contribution in [0.3, 0.4) is 0 Å². The van der Waals surface area contributed by atoms with Crippen molar-refractivity contribution in [2.75, 3.05) is 26.3 Å². The average molecular weight is 363 g/mol. The molecule has 1 saturated heterocycles. The van der Waals surface area contributed by atoms with Crippen molar-refractivity contribution < 1.29 is 14.3 Å². The molecule has 3 aromatic rings. The van der Waals surface area contributed by atoms with Gasteiger partial charge in [0.2, 0.25) is 0 Å². The van der Waals surface area contributed by atoms with Gasteiger partial charge in [-0.3, -0.25) is 4.90 Å². The van der Waals surface area contributed by atoms with E-state index in [1.807, 2.05) is 42.7 Å². The summed E-state index contributed by atoms with van der Waals surface area (Å²) in [6.45, 7) is 3.11. The van der Waals surface area contributed by atoms with E-state index in [1.54, 1.807) is 6.26 Å². The van der Waals surface area contributed by atoms with Crippen LogP contribution in [0, 0.1) is 5.41 Å². The van der Waals surface area contributed by atoms with Crippen LogP contribution >= 0.6 is 0 Å². The Hall–Kier alpha value is -2.70. The van der Waals surface area contributed by atoms with Crippen LogP contribution in [0.5, 0.6) is 5.75 Å². The molecule has 1 fully saturated rings. The van der Waals surface area contributed by atoms with Gasteiger partial charge in [-0.05, 0) is 23.8 Å². The van der Waals surface area contributed by atoms with Crippen LogP contribution in [0.1, 0.15) is 17.0 Å². The number of fused-ring (bicyclic) bond motifs is 3. The number of likely N-dealkylation sites (tertiary alicyclic amines) is 1. The van der Waals surface area contributed by atoms with Gasteiger partial charge in [0.1, 0.15) is 5.75 Å². The first-order chi connectivity index (χ1) is 13.3. The number of nitrogens with zero attached hydrogens (tertiary/aromatic N) is 3. The fourth-order valence-corrected chi connectivity index (χ4v) is 4.32. The molecular formula is C21H21N3O3. The smallest absolute Gasteiger partial charge is 0.195 e. The normalized spacial score (nSPS) is 24.3. The number of aliphatic hydroxyl groups excluding tert-OH is 1. The first-order valence-electron chi connectivity index (χ1n) is 9.17. The molecule has 2 atom stereocenters. The molecule has 0 saturated carbocycles. The van der Waals surface area contributed by atoms with E-state index in [0.29, 0.717) is 18.2 Å². The van der Waals surface area contributed by atoms with Crippen LogP contribution in [-0.4, -0.2) is 46.3 Å². The third-order valence-electron chi connectivity index (χ3n) is 5.70. The number of para-hydroxylation sites is 1. The molecule has 0 aliphatic carbocycles. The third-order valence-corrected chi connectivity index (χ3v) is 5.70. The summed E-state index contributed by atoms with van der Waals surface area (Å²) >= 11 is 0. The summed E-state index contributed by atoms with van der Waals surface area (Å²) in [6.07, 6.45) is 5.32. The molecule has 0 spiro atoms. The van der Waals surface area contributed by atoms with Gasteiger partial charge in [0.15, 0.2) is 11.6 Å². The van der Waals surface area contributed by atoms with Crippen molar-refractivity contribution in [3.63, 3.8) is 0 Å². The van der Waals surface area contributed by atoms with Crippen LogP contribution in [0.4, 0.5) is 0 Å². The molecule has 0 radical (unpaired) electrons. The lowest BCUT2D eigenvalue weighted by Gasteiger charge is -2.38. The molecule has 2 aliphatic heterocycles. The van der Waals surface area contributed by atoms with Crippen molar-refractivity contribution in [3.8, 4) is 17.3 Å². The SMILES string of the molecule is OC[C@]12COc3ccccc3[C@H]1CN(Cc1cnc(-c3ccco3)nc1)C2. The number of aromatic nitrogens is 2. The Morgan fingerprint density at radius 1 is 1.15 bits per heavy atom. The second kappa shape index (κ2) is 6.48. The highest BCUT2D eigenvalue weighted by atomic mass is 16.5. The molecule has 0 amide bonds. The number of aliphatic hydroxyl groups is 1. The molecule has 27 heavy (non-hydrogen) atoms. The molecule has 2 aromatic heterocycles. The van der Waals surface area contributed by atoms with Gasteiger partial charge in [0.05, 0.1) is 19.5 Å². The van der Waals surface area contributed by atoms with E-state index >= 15 is 0 Å². The lowest BCUT2D eigenvalue weighted by atomic mass is 9.74. The van der Waals surface area contributed by atoms with Crippen molar-refractivity contribution in [2.24, 2.45) is 5.41 Å². The predicted octanol–water partition coefficient (Wildman–Crippen LogP) is 2.71. The molecule has 5 rings (SSSR count). The third kappa shape index (κ3) is 2.81. The van der Waals surface area contributed by atoms with Crippen LogP contribution in [-0.2, 0) is 6.54 Å². The van der Waals surface area contributed by atoms with Crippen LogP contribution in [0.25, 0.3) is 11.6 Å². The first-order valence-corrected chi connectivity index (χ1v) is 9.17. The van der Waals surface area contributed by atoms with Gasteiger partial charge in [0, 0.05) is 48.9 Å². The molecule has 1 aromatic carbocycles. The molecular weight excluding hydrogens is 342 g/mol. The molecule has 1 N–H and O–H groups in total. The average Bonchev–Trinajstić information content (AvgIpc) is 3.37. The fourth-order valence-electron chi connectivity index (χ4n) is 4.32. The standard InChI is InChI=1S/C21H21N3O3/c25-13-21-12-24(11-17(21)16-4-1-2-5-18(16)27-14-21)10-15-8-22-20(23-9-15)19-6-3-7-26-19/h1-9,17,25H,10-14H2/t17-,21-/m1/s1. The monoisotopic (exact) mass is 363 g/mol. The zero-order valence-corrected chi connectivity index (χ0v) is 14.9. The minimum Gasteiger partial charge on any atom is -0.493 e. The van der Waals surface area contributed by atoms with E-state index < -0.39 is 0 Å². The van der Waals surface area contributed by atoms with E-state index in [2.05, 4.69) is 20.9 Å². The largest absolute Gasteiger partial charge is 0.493 e. The Bertz CT molecular complexity index is 926. The van der Waals surface area contributed by atoms with Gasteiger partial charge in [-0.1, -0.05) is 18.2 Å². The molecule has 138 valence electrons. The summed E-state index contributed by atoms with van der Waals surface area (Å²) < 4.78 is 11.3. The summed E-state index contributed by atoms with van der Waals surface area (Å²) in [5, 5.41) is 10.2. The zero-order chi connectivity index (χ0) is 18.3. The number of hydrogen-bond donors (Lipinski definition) is 1. The van der Waals surface area contributed by atoms with Crippen molar-refractivity contribution in [3.05, 3.63) is 66.2 Å². The quantitative estimate of drug-likeness (QED) is 0.768. The number of hydrogen-bond acceptors (Lipinski definition) is 6. The summed E-state index contributed by atoms with van der Waals surface area (Å²) in [5.41, 5.74) is 2.00. The molecule has 2 aliphatic rings. The topological polar surface area (TPSA) is 71.6 Å². The maximum absolute atomic E-state index is 10.2. The number of benzene rings is 1. The van der Waals surface area contributed by atoms with Gasteiger partial charge in [-0.15, -0.1) is 0 Å². The van der Waals surface area contributed by atoms with Gasteiger partial charge >= 0.3 is 0 Å². The van der Waals surface area contributed by atoms with Gasteiger partial charge in [-0.25, -0.2) is 9.97 Å². The summed E-state index contributed by atoms with van der Waals surface area (Å²) in [5.74, 6) is 2.48. The Labute approximate surface area is 157 Å². The van der Waals surface area contributed by atoms with Crippen molar-refractivity contribution in [2.45, 2.75) is 12.5 Å². The van der Waals surface area contributed by atoms with E-state index in [0.717, 1.165) is 30.9 Å². The molecule has 6 heteroatoms.